The third-order valence-electron chi connectivity index (χ3n) is 3.75. The van der Waals surface area contributed by atoms with Crippen molar-refractivity contribution in [2.45, 2.75) is 39.7 Å². The highest BCUT2D eigenvalue weighted by atomic mass is 15.1. The molecule has 0 saturated carbocycles. The molecular weight excluding hydrogens is 206 g/mol. The molecule has 0 aliphatic carbocycles. The van der Waals surface area contributed by atoms with Gasteiger partial charge in [0.1, 0.15) is 0 Å². The van der Waals surface area contributed by atoms with Crippen LogP contribution in [0.15, 0.2) is 41.5 Å². The van der Waals surface area contributed by atoms with Gasteiger partial charge in [-0.05, 0) is 24.8 Å². The fourth-order valence-corrected chi connectivity index (χ4v) is 2.70. The zero-order chi connectivity index (χ0) is 12.1. The predicted molar refractivity (Wildman–Crippen MR) is 73.9 cm³/mol. The molecule has 0 radical (unpaired) electrons. The monoisotopic (exact) mass is 229 g/mol. The Labute approximate surface area is 105 Å². The fourth-order valence-electron chi connectivity index (χ4n) is 2.70. The van der Waals surface area contributed by atoms with Crippen molar-refractivity contribution in [1.29, 1.82) is 0 Å². The average Bonchev–Trinajstić information content (AvgIpc) is 2.40. The largest absolute Gasteiger partial charge is 0.295 e. The van der Waals surface area contributed by atoms with Crippen LogP contribution < -0.4 is 0 Å². The van der Waals surface area contributed by atoms with Crippen LogP contribution in [0.4, 0.5) is 0 Å². The number of hydrogen-bond donors (Lipinski definition) is 0. The quantitative estimate of drug-likeness (QED) is 0.705. The highest BCUT2D eigenvalue weighted by molar-refractivity contribution is 5.20. The maximum absolute atomic E-state index is 2.58. The van der Waals surface area contributed by atoms with E-state index in [0.717, 1.165) is 6.54 Å². The van der Waals surface area contributed by atoms with E-state index in [9.17, 15) is 0 Å². The van der Waals surface area contributed by atoms with Crippen LogP contribution in [0.5, 0.6) is 0 Å². The molecule has 1 nitrogen and oxygen atoms in total. The van der Waals surface area contributed by atoms with Crippen molar-refractivity contribution >= 4 is 0 Å². The maximum atomic E-state index is 2.58. The van der Waals surface area contributed by atoms with E-state index in [2.05, 4.69) is 49.1 Å². The fraction of sp³-hybridized carbons (Fsp3) is 0.500. The Hall–Kier alpha value is -1.08. The molecule has 0 spiro atoms. The summed E-state index contributed by atoms with van der Waals surface area (Å²) in [5.74, 6) is 0. The molecule has 1 aromatic carbocycles. The van der Waals surface area contributed by atoms with Crippen LogP contribution in [0.25, 0.3) is 0 Å². The summed E-state index contributed by atoms with van der Waals surface area (Å²) in [4.78, 5) is 2.58. The van der Waals surface area contributed by atoms with E-state index in [1.165, 1.54) is 37.9 Å². The summed E-state index contributed by atoms with van der Waals surface area (Å²) >= 11 is 0. The van der Waals surface area contributed by atoms with E-state index in [1.54, 1.807) is 11.1 Å². The van der Waals surface area contributed by atoms with Crippen LogP contribution >= 0.6 is 0 Å². The Morgan fingerprint density at radius 3 is 2.35 bits per heavy atom. The Bertz CT molecular complexity index is 378. The lowest BCUT2D eigenvalue weighted by atomic mass is 9.96. The molecule has 1 aliphatic rings. The van der Waals surface area contributed by atoms with E-state index >= 15 is 0 Å². The number of benzene rings is 1. The average molecular weight is 229 g/mol. The van der Waals surface area contributed by atoms with Gasteiger partial charge in [0.2, 0.25) is 0 Å². The summed E-state index contributed by atoms with van der Waals surface area (Å²) in [6.07, 6.45) is 3.73. The van der Waals surface area contributed by atoms with Gasteiger partial charge >= 0.3 is 0 Å². The van der Waals surface area contributed by atoms with Crippen LogP contribution in [0, 0.1) is 0 Å². The number of nitrogens with zero attached hydrogens (tertiary/aromatic N) is 1. The number of rotatable bonds is 4. The van der Waals surface area contributed by atoms with Gasteiger partial charge in [0.15, 0.2) is 0 Å². The molecule has 0 unspecified atom stereocenters. The van der Waals surface area contributed by atoms with Crippen LogP contribution in [0.3, 0.4) is 0 Å². The van der Waals surface area contributed by atoms with Crippen molar-refractivity contribution in [1.82, 2.24) is 4.90 Å². The summed E-state index contributed by atoms with van der Waals surface area (Å²) in [6, 6.07) is 10.8. The van der Waals surface area contributed by atoms with Gasteiger partial charge in [0.25, 0.3) is 0 Å². The highest BCUT2D eigenvalue weighted by Gasteiger charge is 2.16. The Balaban J connectivity index is 2.00. The van der Waals surface area contributed by atoms with Crippen molar-refractivity contribution in [3.05, 3.63) is 47.0 Å². The minimum absolute atomic E-state index is 1.10. The molecule has 0 saturated heterocycles. The Morgan fingerprint density at radius 2 is 1.71 bits per heavy atom. The zero-order valence-electron chi connectivity index (χ0n) is 11.1. The van der Waals surface area contributed by atoms with Gasteiger partial charge in [-0.15, -0.1) is 0 Å². The second kappa shape index (κ2) is 6.02. The summed E-state index contributed by atoms with van der Waals surface area (Å²) in [6.45, 7) is 8.08. The molecule has 0 bridgehead atoms. The molecule has 0 aromatic heterocycles. The second-order valence-corrected chi connectivity index (χ2v) is 4.86. The SMILES string of the molecule is CCC1=C(CC)CN(Cc2ccccc2)CC1. The first-order valence-electron chi connectivity index (χ1n) is 6.79. The standard InChI is InChI=1S/C16H23N/c1-3-15-10-11-17(13-16(15)4-2)12-14-8-6-5-7-9-14/h5-9H,3-4,10-13H2,1-2H3. The van der Waals surface area contributed by atoms with Crippen LogP contribution in [0.1, 0.15) is 38.7 Å². The van der Waals surface area contributed by atoms with Crippen molar-refractivity contribution in [3.63, 3.8) is 0 Å². The lowest BCUT2D eigenvalue weighted by molar-refractivity contribution is 0.273. The first-order valence-corrected chi connectivity index (χ1v) is 6.79. The van der Waals surface area contributed by atoms with Gasteiger partial charge in [0.05, 0.1) is 0 Å². The number of hydrogen-bond acceptors (Lipinski definition) is 1. The third-order valence-corrected chi connectivity index (χ3v) is 3.75. The van der Waals surface area contributed by atoms with E-state index in [4.69, 9.17) is 0 Å². The van der Waals surface area contributed by atoms with Gasteiger partial charge in [-0.1, -0.05) is 55.3 Å². The third kappa shape index (κ3) is 3.19. The zero-order valence-corrected chi connectivity index (χ0v) is 11.1. The van der Waals surface area contributed by atoms with Crippen molar-refractivity contribution < 1.29 is 0 Å². The molecule has 0 N–H and O–H groups in total. The topological polar surface area (TPSA) is 3.24 Å². The van der Waals surface area contributed by atoms with Crippen LogP contribution in [-0.4, -0.2) is 18.0 Å². The molecule has 1 aromatic rings. The molecule has 1 heteroatoms. The van der Waals surface area contributed by atoms with Gasteiger partial charge < -0.3 is 0 Å². The van der Waals surface area contributed by atoms with Crippen molar-refractivity contribution in [2.75, 3.05) is 13.1 Å². The first-order chi connectivity index (χ1) is 8.33. The normalized spacial score (nSPS) is 17.5. The van der Waals surface area contributed by atoms with Gasteiger partial charge in [-0.3, -0.25) is 4.90 Å². The summed E-state index contributed by atoms with van der Waals surface area (Å²) in [5, 5.41) is 0. The smallest absolute Gasteiger partial charge is 0.0237 e. The van der Waals surface area contributed by atoms with Crippen molar-refractivity contribution in [2.24, 2.45) is 0 Å². The summed E-state index contributed by atoms with van der Waals surface area (Å²) < 4.78 is 0. The molecule has 1 heterocycles. The molecule has 0 atom stereocenters. The predicted octanol–water partition coefficient (Wildman–Crippen LogP) is 4.01. The van der Waals surface area contributed by atoms with E-state index < -0.39 is 0 Å². The first kappa shape index (κ1) is 12.4. The Kier molecular flexibility index (Phi) is 4.38. The highest BCUT2D eigenvalue weighted by Crippen LogP contribution is 2.23. The van der Waals surface area contributed by atoms with Gasteiger partial charge in [-0.2, -0.15) is 0 Å². The van der Waals surface area contributed by atoms with Crippen LogP contribution in [0.2, 0.25) is 0 Å². The van der Waals surface area contributed by atoms with Gasteiger partial charge in [0, 0.05) is 19.6 Å². The molecule has 17 heavy (non-hydrogen) atoms. The van der Waals surface area contributed by atoms with Gasteiger partial charge in [-0.25, -0.2) is 0 Å². The lowest BCUT2D eigenvalue weighted by Gasteiger charge is -2.30. The lowest BCUT2D eigenvalue weighted by Crippen LogP contribution is -2.31. The minimum atomic E-state index is 1.10. The second-order valence-electron chi connectivity index (χ2n) is 4.86. The Morgan fingerprint density at radius 1 is 1.00 bits per heavy atom. The van der Waals surface area contributed by atoms with E-state index in [1.807, 2.05) is 0 Å². The molecular formula is C16H23N. The summed E-state index contributed by atoms with van der Waals surface area (Å²) in [5.41, 5.74) is 4.81. The maximum Gasteiger partial charge on any atom is 0.0237 e. The summed E-state index contributed by atoms with van der Waals surface area (Å²) in [7, 11) is 0. The minimum Gasteiger partial charge on any atom is -0.295 e. The van der Waals surface area contributed by atoms with E-state index in [0.29, 0.717) is 0 Å². The van der Waals surface area contributed by atoms with Crippen LogP contribution in [-0.2, 0) is 6.54 Å². The molecule has 92 valence electrons. The molecule has 2 rings (SSSR count). The molecule has 0 amide bonds. The molecule has 1 aliphatic heterocycles. The van der Waals surface area contributed by atoms with Crippen molar-refractivity contribution in [3.8, 4) is 0 Å². The van der Waals surface area contributed by atoms with E-state index in [-0.39, 0.29) is 0 Å². The molecule has 0 fully saturated rings.